The van der Waals surface area contributed by atoms with Crippen molar-refractivity contribution in [1.82, 2.24) is 5.32 Å². The van der Waals surface area contributed by atoms with Gasteiger partial charge in [0.05, 0.1) is 19.1 Å². The number of ether oxygens (including phenoxy) is 2. The molecule has 0 unspecified atom stereocenters. The van der Waals surface area contributed by atoms with Gasteiger partial charge in [-0.3, -0.25) is 4.79 Å². The second-order valence-electron chi connectivity index (χ2n) is 4.35. The lowest BCUT2D eigenvalue weighted by atomic mass is 10.1. The molecule has 7 nitrogen and oxygen atoms in total. The molecule has 0 radical (unpaired) electrons. The summed E-state index contributed by atoms with van der Waals surface area (Å²) in [6, 6.07) is -1.06. The van der Waals surface area contributed by atoms with Crippen molar-refractivity contribution in [2.75, 3.05) is 19.8 Å². The molecule has 1 saturated heterocycles. The fourth-order valence-corrected chi connectivity index (χ4v) is 1.74. The summed E-state index contributed by atoms with van der Waals surface area (Å²) >= 11 is 0. The van der Waals surface area contributed by atoms with Crippen LogP contribution < -0.4 is 5.32 Å². The molecule has 1 aliphatic heterocycles. The van der Waals surface area contributed by atoms with Crippen molar-refractivity contribution in [2.24, 2.45) is 5.92 Å². The second-order valence-corrected chi connectivity index (χ2v) is 4.35. The average Bonchev–Trinajstić information content (AvgIpc) is 2.91. The maximum absolute atomic E-state index is 11.8. The van der Waals surface area contributed by atoms with Gasteiger partial charge in [-0.2, -0.15) is 0 Å². The van der Waals surface area contributed by atoms with Crippen molar-refractivity contribution < 1.29 is 29.0 Å². The Morgan fingerprint density at radius 2 is 2.25 bits per heavy atom. The van der Waals surface area contributed by atoms with Crippen LogP contribution in [0.3, 0.4) is 0 Å². The van der Waals surface area contributed by atoms with Crippen LogP contribution in [0.2, 0.25) is 0 Å². The Labute approximate surface area is 116 Å². The minimum Gasteiger partial charge on any atom is -0.480 e. The monoisotopic (exact) mass is 285 g/mol. The molecule has 0 bridgehead atoms. The molecule has 2 N–H and O–H groups in total. The van der Waals surface area contributed by atoms with Crippen molar-refractivity contribution >= 4 is 17.8 Å². The average molecular weight is 285 g/mol. The van der Waals surface area contributed by atoms with E-state index in [1.54, 1.807) is 6.92 Å². The van der Waals surface area contributed by atoms with Crippen LogP contribution in [0.25, 0.3) is 0 Å². The molecule has 0 aromatic carbocycles. The fraction of sp³-hybridized carbons (Fsp3) is 0.615. The molecule has 1 amide bonds. The highest BCUT2D eigenvalue weighted by molar-refractivity contribution is 5.85. The van der Waals surface area contributed by atoms with Gasteiger partial charge in [-0.05, 0) is 19.8 Å². The predicted octanol–water partition coefficient (Wildman–Crippen LogP) is 0.102. The first kappa shape index (κ1) is 16.2. The zero-order valence-electron chi connectivity index (χ0n) is 11.3. The van der Waals surface area contributed by atoms with Crippen LogP contribution in [0.4, 0.5) is 0 Å². The molecule has 0 saturated carbocycles. The van der Waals surface area contributed by atoms with Crippen molar-refractivity contribution in [3.8, 4) is 0 Å². The number of esters is 1. The van der Waals surface area contributed by atoms with E-state index in [0.717, 1.165) is 6.08 Å². The Morgan fingerprint density at radius 3 is 2.80 bits per heavy atom. The summed E-state index contributed by atoms with van der Waals surface area (Å²) in [5.74, 6) is -2.32. The summed E-state index contributed by atoms with van der Waals surface area (Å²) in [6.45, 7) is 2.76. The van der Waals surface area contributed by atoms with E-state index in [4.69, 9.17) is 9.84 Å². The van der Waals surface area contributed by atoms with Gasteiger partial charge in [-0.25, -0.2) is 9.59 Å². The molecule has 1 fully saturated rings. The third-order valence-corrected chi connectivity index (χ3v) is 2.83. The molecule has 1 rings (SSSR count). The number of carboxylic acid groups (broad SMARTS) is 1. The summed E-state index contributed by atoms with van der Waals surface area (Å²) < 4.78 is 9.75. The lowest BCUT2D eigenvalue weighted by molar-refractivity contribution is -0.142. The van der Waals surface area contributed by atoms with Crippen LogP contribution in [0.1, 0.15) is 19.8 Å². The Kier molecular flexibility index (Phi) is 6.72. The molecule has 112 valence electrons. The van der Waals surface area contributed by atoms with Gasteiger partial charge < -0.3 is 19.9 Å². The highest BCUT2D eigenvalue weighted by atomic mass is 16.5. The number of carboxylic acids is 1. The summed E-state index contributed by atoms with van der Waals surface area (Å²) in [4.78, 5) is 33.9. The molecule has 2 atom stereocenters. The number of nitrogens with one attached hydrogen (secondary N) is 1. The SMILES string of the molecule is CCOC(=O)/C=C/C[C@@H](NC(=O)[C@H]1CCOC1)C(=O)O. The van der Waals surface area contributed by atoms with Crippen molar-refractivity contribution in [1.29, 1.82) is 0 Å². The largest absolute Gasteiger partial charge is 0.480 e. The van der Waals surface area contributed by atoms with Crippen molar-refractivity contribution in [3.63, 3.8) is 0 Å². The molecule has 0 aromatic rings. The van der Waals surface area contributed by atoms with Gasteiger partial charge in [0.1, 0.15) is 6.04 Å². The van der Waals surface area contributed by atoms with Crippen molar-refractivity contribution in [3.05, 3.63) is 12.2 Å². The van der Waals surface area contributed by atoms with Crippen molar-refractivity contribution in [2.45, 2.75) is 25.8 Å². The third-order valence-electron chi connectivity index (χ3n) is 2.83. The van der Waals surface area contributed by atoms with E-state index in [0.29, 0.717) is 19.6 Å². The number of carbonyl (C=O) groups excluding carboxylic acids is 2. The maximum Gasteiger partial charge on any atom is 0.330 e. The quantitative estimate of drug-likeness (QED) is 0.508. The molecule has 0 spiro atoms. The molecular weight excluding hydrogens is 266 g/mol. The zero-order valence-corrected chi connectivity index (χ0v) is 11.3. The summed E-state index contributed by atoms with van der Waals surface area (Å²) in [6.07, 6.45) is 3.15. The lowest BCUT2D eigenvalue weighted by Gasteiger charge is -2.15. The van der Waals surface area contributed by atoms with Gasteiger partial charge in [0.25, 0.3) is 0 Å². The highest BCUT2D eigenvalue weighted by Crippen LogP contribution is 2.12. The minimum atomic E-state index is -1.15. The van der Waals surface area contributed by atoms with E-state index in [1.165, 1.54) is 6.08 Å². The van der Waals surface area contributed by atoms with Crippen LogP contribution in [0.5, 0.6) is 0 Å². The molecule has 7 heteroatoms. The highest BCUT2D eigenvalue weighted by Gasteiger charge is 2.27. The van der Waals surface area contributed by atoms with Gasteiger partial charge in [-0.15, -0.1) is 0 Å². The smallest absolute Gasteiger partial charge is 0.330 e. The first-order chi connectivity index (χ1) is 9.54. The summed E-state index contributed by atoms with van der Waals surface area (Å²) in [5.41, 5.74) is 0. The number of hydrogen-bond acceptors (Lipinski definition) is 5. The van der Waals surface area contributed by atoms with Gasteiger partial charge in [0, 0.05) is 12.7 Å². The summed E-state index contributed by atoms with van der Waals surface area (Å²) in [7, 11) is 0. The Morgan fingerprint density at radius 1 is 1.50 bits per heavy atom. The van der Waals surface area contributed by atoms with Gasteiger partial charge >= 0.3 is 11.9 Å². The number of aliphatic carboxylic acids is 1. The molecule has 1 aliphatic rings. The fourth-order valence-electron chi connectivity index (χ4n) is 1.74. The number of carbonyl (C=O) groups is 3. The van der Waals surface area contributed by atoms with E-state index < -0.39 is 18.0 Å². The third kappa shape index (κ3) is 5.40. The van der Waals surface area contributed by atoms with Crippen LogP contribution >= 0.6 is 0 Å². The number of rotatable bonds is 7. The lowest BCUT2D eigenvalue weighted by Crippen LogP contribution is -2.43. The first-order valence-corrected chi connectivity index (χ1v) is 6.48. The topological polar surface area (TPSA) is 102 Å². The standard InChI is InChI=1S/C13H19NO6/c1-2-20-11(15)5-3-4-10(13(17)18)14-12(16)9-6-7-19-8-9/h3,5,9-10H,2,4,6-8H2,1H3,(H,14,16)(H,17,18)/b5-3+/t9-,10+/m0/s1. The van der Waals surface area contributed by atoms with Crippen LogP contribution in [0, 0.1) is 5.92 Å². The van der Waals surface area contributed by atoms with Gasteiger partial charge in [0.15, 0.2) is 0 Å². The second kappa shape index (κ2) is 8.31. The van der Waals surface area contributed by atoms with Gasteiger partial charge in [-0.1, -0.05) is 6.08 Å². The first-order valence-electron chi connectivity index (χ1n) is 6.48. The maximum atomic E-state index is 11.8. The van der Waals surface area contributed by atoms with E-state index in [9.17, 15) is 14.4 Å². The molecule has 0 aliphatic carbocycles. The summed E-state index contributed by atoms with van der Waals surface area (Å²) in [5, 5.41) is 11.5. The van der Waals surface area contributed by atoms with E-state index >= 15 is 0 Å². The van der Waals surface area contributed by atoms with Crippen LogP contribution in [-0.4, -0.2) is 48.8 Å². The minimum absolute atomic E-state index is 0.0213. The molecule has 20 heavy (non-hydrogen) atoms. The Hall–Kier alpha value is -1.89. The molecule has 0 aromatic heterocycles. The Bertz CT molecular complexity index is 386. The van der Waals surface area contributed by atoms with E-state index in [-0.39, 0.29) is 24.9 Å². The molecule has 1 heterocycles. The predicted molar refractivity (Wildman–Crippen MR) is 68.9 cm³/mol. The van der Waals surface area contributed by atoms with Crippen LogP contribution in [-0.2, 0) is 23.9 Å². The zero-order chi connectivity index (χ0) is 15.0. The normalized spacial score (nSPS) is 19.8. The van der Waals surface area contributed by atoms with Gasteiger partial charge in [0.2, 0.25) is 5.91 Å². The van der Waals surface area contributed by atoms with Crippen LogP contribution in [0.15, 0.2) is 12.2 Å². The molecular formula is C13H19NO6. The van der Waals surface area contributed by atoms with E-state index in [2.05, 4.69) is 10.1 Å². The number of hydrogen-bond donors (Lipinski definition) is 2. The number of amides is 1. The Balaban J connectivity index is 2.45. The van der Waals surface area contributed by atoms with E-state index in [1.807, 2.05) is 0 Å².